The Kier molecular flexibility index (Phi) is 5.08. The number of hydrogen-bond donors (Lipinski definition) is 1. The van der Waals surface area contributed by atoms with Crippen LogP contribution in [0, 0.1) is 0 Å². The topological polar surface area (TPSA) is 51.0 Å². The van der Waals surface area contributed by atoms with Gasteiger partial charge in [0.25, 0.3) is 0 Å². The van der Waals surface area contributed by atoms with Crippen LogP contribution in [0.4, 0.5) is 0 Å². The summed E-state index contributed by atoms with van der Waals surface area (Å²) in [5, 5.41) is 15.3. The van der Waals surface area contributed by atoms with E-state index in [9.17, 15) is 5.21 Å². The molecule has 3 aromatic carbocycles. The molecule has 0 radical (unpaired) electrons. The summed E-state index contributed by atoms with van der Waals surface area (Å²) >= 11 is 0. The average molecular weight is 321 g/mol. The second-order valence-corrected chi connectivity index (χ2v) is 5.48. The van der Waals surface area contributed by atoms with Gasteiger partial charge in [0, 0.05) is 19.1 Å². The minimum atomic E-state index is 0.180. The molecule has 0 aromatic heterocycles. The molecule has 0 saturated heterocycles. The maximum Gasteiger partial charge on any atom is 0.188 e. The van der Waals surface area contributed by atoms with Crippen molar-refractivity contribution < 1.29 is 14.7 Å². The molecule has 0 heterocycles. The van der Waals surface area contributed by atoms with E-state index in [1.165, 1.54) is 10.8 Å². The summed E-state index contributed by atoms with van der Waals surface area (Å²) in [6, 6.07) is 21.9. The Morgan fingerprint density at radius 2 is 1.79 bits per heavy atom. The highest BCUT2D eigenvalue weighted by Crippen LogP contribution is 2.19. The highest BCUT2D eigenvalue weighted by atomic mass is 16.7. The van der Waals surface area contributed by atoms with Gasteiger partial charge in [-0.3, -0.25) is 0 Å². The quantitative estimate of drug-likeness (QED) is 0.320. The van der Waals surface area contributed by atoms with Crippen LogP contribution in [0.2, 0.25) is 0 Å². The van der Waals surface area contributed by atoms with E-state index in [0.29, 0.717) is 17.9 Å². The molecule has 4 nitrogen and oxygen atoms in total. The van der Waals surface area contributed by atoms with Crippen LogP contribution in [-0.2, 0) is 11.2 Å². The van der Waals surface area contributed by atoms with Crippen LogP contribution in [0.3, 0.4) is 0 Å². The van der Waals surface area contributed by atoms with E-state index in [0.717, 1.165) is 11.1 Å². The molecule has 0 saturated carbocycles. The minimum Gasteiger partial charge on any atom is -0.468 e. The Hall–Kier alpha value is -2.85. The highest BCUT2D eigenvalue weighted by Gasteiger charge is 2.08. The minimum absolute atomic E-state index is 0.180. The first-order valence-electron chi connectivity index (χ1n) is 7.71. The Bertz CT molecular complexity index is 858. The highest BCUT2D eigenvalue weighted by molar-refractivity contribution is 6.02. The van der Waals surface area contributed by atoms with Crippen LogP contribution in [0.15, 0.2) is 71.9 Å². The van der Waals surface area contributed by atoms with Gasteiger partial charge in [0.1, 0.15) is 5.75 Å². The molecule has 4 heteroatoms. The Labute approximate surface area is 141 Å². The van der Waals surface area contributed by atoms with E-state index in [1.807, 2.05) is 36.4 Å². The van der Waals surface area contributed by atoms with E-state index in [2.05, 4.69) is 35.5 Å². The van der Waals surface area contributed by atoms with Crippen LogP contribution in [0.5, 0.6) is 5.75 Å². The zero-order valence-electron chi connectivity index (χ0n) is 13.5. The van der Waals surface area contributed by atoms with Gasteiger partial charge in [-0.2, -0.15) is 0 Å². The number of oxime groups is 1. The van der Waals surface area contributed by atoms with E-state index < -0.39 is 0 Å². The van der Waals surface area contributed by atoms with Gasteiger partial charge in [0.05, 0.1) is 5.71 Å². The van der Waals surface area contributed by atoms with Crippen LogP contribution >= 0.6 is 0 Å². The molecule has 0 spiro atoms. The summed E-state index contributed by atoms with van der Waals surface area (Å²) in [6.07, 6.45) is 0.537. The van der Waals surface area contributed by atoms with Gasteiger partial charge in [0.15, 0.2) is 6.79 Å². The third kappa shape index (κ3) is 3.73. The second kappa shape index (κ2) is 7.62. The maximum atomic E-state index is 9.44. The lowest BCUT2D eigenvalue weighted by Crippen LogP contribution is -2.06. The molecule has 3 rings (SSSR count). The molecule has 24 heavy (non-hydrogen) atoms. The van der Waals surface area contributed by atoms with E-state index in [4.69, 9.17) is 9.47 Å². The lowest BCUT2D eigenvalue weighted by molar-refractivity contribution is 0.0511. The number of benzene rings is 3. The average Bonchev–Trinajstić information content (AvgIpc) is 2.64. The fraction of sp³-hybridized carbons (Fsp3) is 0.150. The van der Waals surface area contributed by atoms with Gasteiger partial charge in [-0.1, -0.05) is 59.8 Å². The van der Waals surface area contributed by atoms with Gasteiger partial charge in [-0.05, 0) is 28.5 Å². The molecule has 0 fully saturated rings. The van der Waals surface area contributed by atoms with Crippen LogP contribution < -0.4 is 4.74 Å². The maximum absolute atomic E-state index is 9.44. The Morgan fingerprint density at radius 3 is 2.58 bits per heavy atom. The number of nitrogens with zero attached hydrogens (tertiary/aromatic N) is 1. The van der Waals surface area contributed by atoms with E-state index in [-0.39, 0.29) is 6.79 Å². The van der Waals surface area contributed by atoms with Crippen LogP contribution in [0.25, 0.3) is 10.8 Å². The zero-order chi connectivity index (χ0) is 16.8. The normalized spacial score (nSPS) is 11.6. The molecular weight excluding hydrogens is 302 g/mol. The molecule has 0 amide bonds. The SMILES string of the molecule is COCOc1cccc(C(Cc2ccc3ccccc3c2)=NO)c1. The molecule has 0 aliphatic heterocycles. The number of rotatable bonds is 6. The van der Waals surface area contributed by atoms with E-state index in [1.54, 1.807) is 7.11 Å². The first-order chi connectivity index (χ1) is 11.8. The molecule has 1 N–H and O–H groups in total. The summed E-state index contributed by atoms with van der Waals surface area (Å²) in [7, 11) is 1.57. The van der Waals surface area contributed by atoms with Crippen LogP contribution in [-0.4, -0.2) is 24.8 Å². The molecule has 3 aromatic rings. The first kappa shape index (κ1) is 16.0. The van der Waals surface area contributed by atoms with Gasteiger partial charge in [0.2, 0.25) is 0 Å². The van der Waals surface area contributed by atoms with Crippen LogP contribution in [0.1, 0.15) is 11.1 Å². The lowest BCUT2D eigenvalue weighted by atomic mass is 9.99. The third-order valence-corrected chi connectivity index (χ3v) is 3.82. The standard InChI is InChI=1S/C20H19NO3/c1-23-14-24-19-8-4-7-18(13-19)20(21-22)12-15-9-10-16-5-2-3-6-17(16)11-15/h2-11,13,22H,12,14H2,1H3. The third-order valence-electron chi connectivity index (χ3n) is 3.82. The van der Waals surface area contributed by atoms with Crippen molar-refractivity contribution in [3.8, 4) is 5.75 Å². The molecule has 0 aliphatic rings. The van der Waals surface area contributed by atoms with Crippen molar-refractivity contribution >= 4 is 16.5 Å². The Morgan fingerprint density at radius 1 is 0.958 bits per heavy atom. The number of hydrogen-bond acceptors (Lipinski definition) is 4. The van der Waals surface area contributed by atoms with Crippen molar-refractivity contribution in [2.24, 2.45) is 5.16 Å². The number of fused-ring (bicyclic) bond motifs is 1. The fourth-order valence-electron chi connectivity index (χ4n) is 2.63. The smallest absolute Gasteiger partial charge is 0.188 e. The summed E-state index contributed by atoms with van der Waals surface area (Å²) in [5.74, 6) is 0.675. The largest absolute Gasteiger partial charge is 0.468 e. The summed E-state index contributed by atoms with van der Waals surface area (Å²) in [6.45, 7) is 0.180. The molecule has 122 valence electrons. The number of methoxy groups -OCH3 is 1. The van der Waals surface area contributed by atoms with Crippen molar-refractivity contribution in [1.82, 2.24) is 0 Å². The number of ether oxygens (including phenoxy) is 2. The Balaban J connectivity index is 1.83. The first-order valence-corrected chi connectivity index (χ1v) is 7.71. The van der Waals surface area contributed by atoms with Crippen molar-refractivity contribution in [2.75, 3.05) is 13.9 Å². The lowest BCUT2D eigenvalue weighted by Gasteiger charge is -2.09. The van der Waals surface area contributed by atoms with Gasteiger partial charge >= 0.3 is 0 Å². The summed E-state index contributed by atoms with van der Waals surface area (Å²) in [4.78, 5) is 0. The molecule has 0 atom stereocenters. The van der Waals surface area contributed by atoms with Crippen molar-refractivity contribution in [3.05, 3.63) is 77.9 Å². The van der Waals surface area contributed by atoms with Crippen molar-refractivity contribution in [2.45, 2.75) is 6.42 Å². The molecule has 0 bridgehead atoms. The molecule has 0 unspecified atom stereocenters. The van der Waals surface area contributed by atoms with Gasteiger partial charge in [-0.15, -0.1) is 0 Å². The molecular formula is C20H19NO3. The van der Waals surface area contributed by atoms with Gasteiger partial charge < -0.3 is 14.7 Å². The summed E-state index contributed by atoms with van der Waals surface area (Å²) in [5.41, 5.74) is 2.50. The van der Waals surface area contributed by atoms with Gasteiger partial charge in [-0.25, -0.2) is 0 Å². The predicted molar refractivity (Wildman–Crippen MR) is 94.9 cm³/mol. The van der Waals surface area contributed by atoms with E-state index >= 15 is 0 Å². The monoisotopic (exact) mass is 321 g/mol. The molecule has 0 aliphatic carbocycles. The summed E-state index contributed by atoms with van der Waals surface area (Å²) < 4.78 is 10.3. The van der Waals surface area contributed by atoms with Crippen molar-refractivity contribution in [3.63, 3.8) is 0 Å². The fourth-order valence-corrected chi connectivity index (χ4v) is 2.63. The second-order valence-electron chi connectivity index (χ2n) is 5.48. The van der Waals surface area contributed by atoms with Crippen molar-refractivity contribution in [1.29, 1.82) is 0 Å². The predicted octanol–water partition coefficient (Wildman–Crippen LogP) is 4.24. The zero-order valence-corrected chi connectivity index (χ0v) is 13.5.